The maximum absolute atomic E-state index is 4.56. The summed E-state index contributed by atoms with van der Waals surface area (Å²) in [6, 6.07) is 2.00. The highest BCUT2D eigenvalue weighted by molar-refractivity contribution is 5.41. The molecule has 3 heterocycles. The average Bonchev–Trinajstić information content (AvgIpc) is 2.93. The summed E-state index contributed by atoms with van der Waals surface area (Å²) in [4.78, 5) is 4.56. The Morgan fingerprint density at radius 2 is 2.11 bits per heavy atom. The van der Waals surface area contributed by atoms with Crippen LogP contribution in [0.15, 0.2) is 6.07 Å². The topological polar surface area (TPSA) is 55.1 Å². The maximum Gasteiger partial charge on any atom is 0.164 e. The Morgan fingerprint density at radius 3 is 2.74 bits per heavy atom. The van der Waals surface area contributed by atoms with E-state index >= 15 is 0 Å². The van der Waals surface area contributed by atoms with Crippen molar-refractivity contribution in [2.75, 3.05) is 13.1 Å². The van der Waals surface area contributed by atoms with Gasteiger partial charge in [-0.2, -0.15) is 0 Å². The number of nitrogens with zero attached hydrogens (tertiary/aromatic N) is 4. The third-order valence-electron chi connectivity index (χ3n) is 4.43. The van der Waals surface area contributed by atoms with E-state index in [9.17, 15) is 0 Å². The summed E-state index contributed by atoms with van der Waals surface area (Å²) in [7, 11) is 0. The van der Waals surface area contributed by atoms with E-state index in [0.717, 1.165) is 42.5 Å². The fourth-order valence-corrected chi connectivity index (χ4v) is 3.21. The summed E-state index contributed by atoms with van der Waals surface area (Å²) >= 11 is 0. The monoisotopic (exact) mass is 259 g/mol. The molecule has 1 aliphatic rings. The van der Waals surface area contributed by atoms with Crippen LogP contribution < -0.4 is 5.32 Å². The van der Waals surface area contributed by atoms with Crippen LogP contribution in [-0.4, -0.2) is 32.7 Å². The van der Waals surface area contributed by atoms with Crippen LogP contribution in [0, 0.1) is 19.8 Å². The number of aryl methyl sites for hydroxylation is 2. The first-order valence-electron chi connectivity index (χ1n) is 6.95. The lowest BCUT2D eigenvalue weighted by molar-refractivity contribution is 0.314. The Bertz CT molecular complexity index is 608. The molecule has 2 aromatic heterocycles. The van der Waals surface area contributed by atoms with Crippen LogP contribution in [0.5, 0.6) is 0 Å². The first kappa shape index (κ1) is 12.5. The molecule has 102 valence electrons. The average molecular weight is 259 g/mol. The van der Waals surface area contributed by atoms with Gasteiger partial charge in [0.1, 0.15) is 11.6 Å². The summed E-state index contributed by atoms with van der Waals surface area (Å²) < 4.78 is 2.12. The van der Waals surface area contributed by atoms with E-state index in [4.69, 9.17) is 0 Å². The lowest BCUT2D eigenvalue weighted by atomic mass is 9.75. The number of rotatable bonds is 2. The second kappa shape index (κ2) is 4.27. The normalized spacial score (nSPS) is 23.6. The quantitative estimate of drug-likeness (QED) is 0.890. The van der Waals surface area contributed by atoms with E-state index in [1.807, 2.05) is 19.9 Å². The summed E-state index contributed by atoms with van der Waals surface area (Å²) in [6.45, 7) is 10.6. The number of hydrogen-bond acceptors (Lipinski definition) is 4. The minimum absolute atomic E-state index is 0.0706. The summed E-state index contributed by atoms with van der Waals surface area (Å²) in [5, 5.41) is 12.3. The van der Waals surface area contributed by atoms with Crippen molar-refractivity contribution in [3.63, 3.8) is 0 Å². The van der Waals surface area contributed by atoms with Crippen molar-refractivity contribution in [1.29, 1.82) is 0 Å². The van der Waals surface area contributed by atoms with Crippen molar-refractivity contribution in [3.8, 4) is 0 Å². The molecule has 1 unspecified atom stereocenters. The van der Waals surface area contributed by atoms with E-state index in [-0.39, 0.29) is 5.41 Å². The van der Waals surface area contributed by atoms with Crippen molar-refractivity contribution in [3.05, 3.63) is 23.4 Å². The van der Waals surface area contributed by atoms with Crippen LogP contribution in [0.2, 0.25) is 0 Å². The molecule has 1 aliphatic heterocycles. The van der Waals surface area contributed by atoms with Crippen LogP contribution in [0.3, 0.4) is 0 Å². The first-order chi connectivity index (χ1) is 9.04. The van der Waals surface area contributed by atoms with Crippen molar-refractivity contribution in [2.45, 2.75) is 39.5 Å². The molecule has 1 fully saturated rings. The SMILES string of the molecule is Cc1cc2nnc(C3(C(C)C)CCNC3)n2c(C)n1. The summed E-state index contributed by atoms with van der Waals surface area (Å²) in [6.07, 6.45) is 1.11. The van der Waals surface area contributed by atoms with Gasteiger partial charge in [0.05, 0.1) is 0 Å². The zero-order valence-corrected chi connectivity index (χ0v) is 12.1. The molecule has 2 aromatic rings. The molecule has 5 nitrogen and oxygen atoms in total. The van der Waals surface area contributed by atoms with Gasteiger partial charge in [-0.1, -0.05) is 13.8 Å². The number of aromatic nitrogens is 4. The van der Waals surface area contributed by atoms with Gasteiger partial charge in [-0.15, -0.1) is 10.2 Å². The Morgan fingerprint density at radius 1 is 1.32 bits per heavy atom. The smallest absolute Gasteiger partial charge is 0.164 e. The maximum atomic E-state index is 4.56. The molecule has 0 saturated carbocycles. The van der Waals surface area contributed by atoms with Gasteiger partial charge in [0.15, 0.2) is 5.65 Å². The molecule has 3 rings (SSSR count). The Labute approximate surface area is 113 Å². The number of fused-ring (bicyclic) bond motifs is 1. The fraction of sp³-hybridized carbons (Fsp3) is 0.643. The lowest BCUT2D eigenvalue weighted by Crippen LogP contribution is -2.37. The van der Waals surface area contributed by atoms with Crippen LogP contribution >= 0.6 is 0 Å². The highest BCUT2D eigenvalue weighted by Gasteiger charge is 2.42. The van der Waals surface area contributed by atoms with Crippen molar-refractivity contribution in [2.24, 2.45) is 5.92 Å². The molecule has 0 spiro atoms. The molecule has 19 heavy (non-hydrogen) atoms. The van der Waals surface area contributed by atoms with Gasteiger partial charge in [-0.05, 0) is 32.7 Å². The van der Waals surface area contributed by atoms with Crippen LogP contribution in [0.1, 0.15) is 37.6 Å². The molecule has 0 radical (unpaired) electrons. The van der Waals surface area contributed by atoms with Gasteiger partial charge in [-0.3, -0.25) is 4.40 Å². The highest BCUT2D eigenvalue weighted by atomic mass is 15.3. The third kappa shape index (κ3) is 1.75. The molecule has 0 bridgehead atoms. The lowest BCUT2D eigenvalue weighted by Gasteiger charge is -2.31. The zero-order valence-electron chi connectivity index (χ0n) is 12.1. The van der Waals surface area contributed by atoms with Crippen molar-refractivity contribution < 1.29 is 0 Å². The second-order valence-electron chi connectivity index (χ2n) is 5.90. The largest absolute Gasteiger partial charge is 0.316 e. The molecule has 1 saturated heterocycles. The molecule has 0 aromatic carbocycles. The predicted octanol–water partition coefficient (Wildman–Crippen LogP) is 1.63. The van der Waals surface area contributed by atoms with Crippen LogP contribution in [0.4, 0.5) is 0 Å². The van der Waals surface area contributed by atoms with E-state index in [0.29, 0.717) is 5.92 Å². The molecule has 0 aliphatic carbocycles. The van der Waals surface area contributed by atoms with Crippen molar-refractivity contribution in [1.82, 2.24) is 24.9 Å². The standard InChI is InChI=1S/C14H21N5/c1-9(2)14(5-6-15-8-14)13-18-17-12-7-10(3)16-11(4)19(12)13/h7,9,15H,5-6,8H2,1-4H3. The van der Waals surface area contributed by atoms with E-state index in [1.165, 1.54) is 0 Å². The first-order valence-corrected chi connectivity index (χ1v) is 6.95. The zero-order chi connectivity index (χ0) is 13.6. The van der Waals surface area contributed by atoms with Gasteiger partial charge in [0.2, 0.25) is 0 Å². The minimum atomic E-state index is 0.0706. The molecule has 1 atom stereocenters. The van der Waals surface area contributed by atoms with E-state index in [1.54, 1.807) is 0 Å². The Kier molecular flexibility index (Phi) is 2.82. The van der Waals surface area contributed by atoms with E-state index in [2.05, 4.69) is 38.7 Å². The van der Waals surface area contributed by atoms with Gasteiger partial charge < -0.3 is 5.32 Å². The second-order valence-corrected chi connectivity index (χ2v) is 5.90. The fourth-order valence-electron chi connectivity index (χ4n) is 3.21. The number of hydrogen-bond donors (Lipinski definition) is 1. The van der Waals surface area contributed by atoms with E-state index < -0.39 is 0 Å². The highest BCUT2D eigenvalue weighted by Crippen LogP contribution is 2.37. The minimum Gasteiger partial charge on any atom is -0.316 e. The third-order valence-corrected chi connectivity index (χ3v) is 4.43. The van der Waals surface area contributed by atoms with Gasteiger partial charge in [-0.25, -0.2) is 4.98 Å². The predicted molar refractivity (Wildman–Crippen MR) is 74.3 cm³/mol. The Balaban J connectivity index is 2.25. The molecular weight excluding hydrogens is 238 g/mol. The molecule has 0 amide bonds. The van der Waals surface area contributed by atoms with Crippen LogP contribution in [0.25, 0.3) is 5.65 Å². The molecule has 5 heteroatoms. The van der Waals surface area contributed by atoms with Gasteiger partial charge in [0, 0.05) is 23.7 Å². The van der Waals surface area contributed by atoms with Crippen LogP contribution in [-0.2, 0) is 5.41 Å². The molecule has 1 N–H and O–H groups in total. The molecular formula is C14H21N5. The van der Waals surface area contributed by atoms with Crippen molar-refractivity contribution >= 4 is 5.65 Å². The number of nitrogens with one attached hydrogen (secondary N) is 1. The van der Waals surface area contributed by atoms with Gasteiger partial charge in [0.25, 0.3) is 0 Å². The Hall–Kier alpha value is -1.49. The summed E-state index contributed by atoms with van der Waals surface area (Å²) in [5.41, 5.74) is 1.97. The van der Waals surface area contributed by atoms with Gasteiger partial charge >= 0.3 is 0 Å². The summed E-state index contributed by atoms with van der Waals surface area (Å²) in [5.74, 6) is 2.56.